The number of Topliss-reactive ketones (excluding diaryl/α,β-unsaturated/α-hetero) is 1. The van der Waals surface area contributed by atoms with E-state index in [-0.39, 0.29) is 35.6 Å². The molecule has 0 aromatic heterocycles. The molecule has 8 heteroatoms. The van der Waals surface area contributed by atoms with Crippen molar-refractivity contribution >= 4 is 5.78 Å². The number of benzene rings is 1. The molecule has 4 nitrogen and oxygen atoms in total. The van der Waals surface area contributed by atoms with Crippen LogP contribution in [-0.2, 0) is 16.6 Å². The normalized spacial score (nSPS) is 31.6. The molecule has 0 amide bonds. The molecule has 6 rings (SSSR count). The van der Waals surface area contributed by atoms with Gasteiger partial charge in [-0.25, -0.2) is 4.39 Å². The molecule has 1 aromatic carbocycles. The van der Waals surface area contributed by atoms with E-state index in [9.17, 15) is 22.4 Å². The number of allylic oxidation sites excluding steroid dienone is 3. The number of hydrogen-bond acceptors (Lipinski definition) is 4. The maximum atomic E-state index is 14.8. The number of fused-ring (bicyclic) bond motifs is 5. The standard InChI is InChI=1S/C24H23F4N3O/c1-21(2)10-15-17(16(32)11-21)23(7-6-12-13(23)4-3-5-14(12)25)18-19(30-31-20(18)29-15)22(8-9-22)24(26,27)28/h3-5,20,29H,6-11H2,1-2H3/t20?,23-/m1/s1. The van der Waals surface area contributed by atoms with Crippen molar-refractivity contribution in [2.45, 2.75) is 70.1 Å². The Balaban J connectivity index is 1.68. The zero-order chi connectivity index (χ0) is 22.7. The molecule has 5 aliphatic rings. The summed E-state index contributed by atoms with van der Waals surface area (Å²) in [5, 5.41) is 11.6. The lowest BCUT2D eigenvalue weighted by Crippen LogP contribution is -2.51. The van der Waals surface area contributed by atoms with Crippen molar-refractivity contribution in [2.75, 3.05) is 0 Å². The molecule has 2 atom stereocenters. The first-order valence-electron chi connectivity index (χ1n) is 11.0. The van der Waals surface area contributed by atoms with Crippen LogP contribution in [0.1, 0.15) is 57.1 Å². The molecule has 0 saturated heterocycles. The highest BCUT2D eigenvalue weighted by molar-refractivity contribution is 6.02. The minimum absolute atomic E-state index is 0.0416. The van der Waals surface area contributed by atoms with Crippen molar-refractivity contribution in [2.24, 2.45) is 21.1 Å². The van der Waals surface area contributed by atoms with Crippen LogP contribution < -0.4 is 5.32 Å². The molecule has 1 saturated carbocycles. The smallest absolute Gasteiger partial charge is 0.362 e. The first kappa shape index (κ1) is 20.1. The van der Waals surface area contributed by atoms with E-state index in [1.807, 2.05) is 13.8 Å². The summed E-state index contributed by atoms with van der Waals surface area (Å²) >= 11 is 0. The van der Waals surface area contributed by atoms with E-state index in [4.69, 9.17) is 0 Å². The lowest BCUT2D eigenvalue weighted by atomic mass is 9.59. The third-order valence-electron chi connectivity index (χ3n) is 7.95. The van der Waals surface area contributed by atoms with Gasteiger partial charge in [-0.2, -0.15) is 23.4 Å². The van der Waals surface area contributed by atoms with Gasteiger partial charge < -0.3 is 5.32 Å². The van der Waals surface area contributed by atoms with Crippen LogP contribution in [0.15, 0.2) is 51.0 Å². The van der Waals surface area contributed by atoms with E-state index >= 15 is 0 Å². The van der Waals surface area contributed by atoms with Crippen LogP contribution in [0.4, 0.5) is 17.6 Å². The summed E-state index contributed by atoms with van der Waals surface area (Å²) in [6, 6.07) is 4.71. The van der Waals surface area contributed by atoms with Crippen LogP contribution in [0.5, 0.6) is 0 Å². The molecule has 3 aliphatic carbocycles. The second kappa shape index (κ2) is 5.88. The van der Waals surface area contributed by atoms with Gasteiger partial charge in [0.15, 0.2) is 11.9 Å². The van der Waals surface area contributed by atoms with Crippen LogP contribution in [0, 0.1) is 16.6 Å². The molecule has 1 unspecified atom stereocenters. The van der Waals surface area contributed by atoms with Crippen LogP contribution in [0.2, 0.25) is 0 Å². The minimum atomic E-state index is -4.46. The predicted molar refractivity (Wildman–Crippen MR) is 108 cm³/mol. The van der Waals surface area contributed by atoms with Gasteiger partial charge in [0, 0.05) is 23.3 Å². The Hall–Kier alpha value is -2.51. The Morgan fingerprint density at radius 2 is 1.88 bits per heavy atom. The molecule has 2 aliphatic heterocycles. The summed E-state index contributed by atoms with van der Waals surface area (Å²) in [4.78, 5) is 13.6. The molecule has 1 spiro atoms. The van der Waals surface area contributed by atoms with Gasteiger partial charge in [-0.15, -0.1) is 0 Å². The van der Waals surface area contributed by atoms with Crippen LogP contribution in [-0.4, -0.2) is 18.1 Å². The van der Waals surface area contributed by atoms with Crippen molar-refractivity contribution < 1.29 is 22.4 Å². The van der Waals surface area contributed by atoms with Crippen molar-refractivity contribution in [3.8, 4) is 0 Å². The molecule has 0 radical (unpaired) electrons. The largest absolute Gasteiger partial charge is 0.400 e. The third-order valence-corrected chi connectivity index (χ3v) is 7.95. The molecule has 2 heterocycles. The Morgan fingerprint density at radius 1 is 1.12 bits per heavy atom. The molecule has 32 heavy (non-hydrogen) atoms. The molecule has 1 N–H and O–H groups in total. The van der Waals surface area contributed by atoms with Crippen LogP contribution >= 0.6 is 0 Å². The zero-order valence-electron chi connectivity index (χ0n) is 17.9. The van der Waals surface area contributed by atoms with Gasteiger partial charge >= 0.3 is 6.18 Å². The molecule has 1 aromatic rings. The highest BCUT2D eigenvalue weighted by Gasteiger charge is 2.70. The molecular weight excluding hydrogens is 422 g/mol. The average Bonchev–Trinajstić information content (AvgIpc) is 3.27. The maximum Gasteiger partial charge on any atom is 0.400 e. The number of azo groups is 1. The van der Waals surface area contributed by atoms with Crippen molar-refractivity contribution in [3.63, 3.8) is 0 Å². The number of halogens is 4. The van der Waals surface area contributed by atoms with Gasteiger partial charge in [-0.3, -0.25) is 4.79 Å². The summed E-state index contributed by atoms with van der Waals surface area (Å²) in [6.07, 6.45) is -3.71. The highest BCUT2D eigenvalue weighted by atomic mass is 19.4. The van der Waals surface area contributed by atoms with E-state index in [1.165, 1.54) is 6.07 Å². The average molecular weight is 445 g/mol. The fraction of sp³-hybridized carbons (Fsp3) is 0.542. The van der Waals surface area contributed by atoms with Gasteiger partial charge in [0.25, 0.3) is 0 Å². The quantitative estimate of drug-likeness (QED) is 0.569. The van der Waals surface area contributed by atoms with Gasteiger partial charge in [-0.1, -0.05) is 26.0 Å². The summed E-state index contributed by atoms with van der Waals surface area (Å²) in [7, 11) is 0. The predicted octanol–water partition coefficient (Wildman–Crippen LogP) is 5.64. The Kier molecular flexibility index (Phi) is 3.70. The van der Waals surface area contributed by atoms with E-state index in [0.29, 0.717) is 53.7 Å². The highest BCUT2D eigenvalue weighted by Crippen LogP contribution is 2.68. The number of carbonyl (C=O) groups is 1. The topological polar surface area (TPSA) is 53.8 Å². The van der Waals surface area contributed by atoms with Crippen LogP contribution in [0.25, 0.3) is 0 Å². The minimum Gasteiger partial charge on any atom is -0.362 e. The number of carbonyl (C=O) groups excluding carboxylic acids is 1. The summed E-state index contributed by atoms with van der Waals surface area (Å²) in [5.74, 6) is -0.471. The second-order valence-electron chi connectivity index (χ2n) is 10.6. The summed E-state index contributed by atoms with van der Waals surface area (Å²) in [5.41, 5.74) is -0.792. The Labute approximate surface area is 182 Å². The van der Waals surface area contributed by atoms with E-state index in [0.717, 1.165) is 0 Å². The fourth-order valence-electron chi connectivity index (χ4n) is 6.46. The monoisotopic (exact) mass is 445 g/mol. The van der Waals surface area contributed by atoms with Crippen molar-refractivity contribution in [1.82, 2.24) is 5.32 Å². The summed E-state index contributed by atoms with van der Waals surface area (Å²) in [6.45, 7) is 4.00. The number of rotatable bonds is 1. The number of alkyl halides is 3. The molecule has 168 valence electrons. The van der Waals surface area contributed by atoms with Gasteiger partial charge in [0.2, 0.25) is 0 Å². The first-order valence-corrected chi connectivity index (χ1v) is 11.0. The lowest BCUT2D eigenvalue weighted by molar-refractivity contribution is -0.175. The molecule has 0 bridgehead atoms. The van der Waals surface area contributed by atoms with E-state index in [2.05, 4.69) is 15.5 Å². The maximum absolute atomic E-state index is 14.8. The van der Waals surface area contributed by atoms with Crippen molar-refractivity contribution in [3.05, 3.63) is 57.7 Å². The second-order valence-corrected chi connectivity index (χ2v) is 10.6. The van der Waals surface area contributed by atoms with Gasteiger partial charge in [0.1, 0.15) is 11.2 Å². The van der Waals surface area contributed by atoms with Crippen molar-refractivity contribution in [1.29, 1.82) is 0 Å². The van der Waals surface area contributed by atoms with E-state index < -0.39 is 23.2 Å². The number of hydrogen-bond donors (Lipinski definition) is 1. The number of nitrogens with one attached hydrogen (secondary N) is 1. The number of nitrogens with zero attached hydrogens (tertiary/aromatic N) is 2. The van der Waals surface area contributed by atoms with Gasteiger partial charge in [0.05, 0.1) is 11.1 Å². The zero-order valence-corrected chi connectivity index (χ0v) is 17.9. The summed E-state index contributed by atoms with van der Waals surface area (Å²) < 4.78 is 57.3. The fourth-order valence-corrected chi connectivity index (χ4v) is 6.46. The number of ketones is 1. The third kappa shape index (κ3) is 2.36. The van der Waals surface area contributed by atoms with Crippen LogP contribution in [0.3, 0.4) is 0 Å². The Morgan fingerprint density at radius 3 is 2.56 bits per heavy atom. The first-order chi connectivity index (χ1) is 15.0. The lowest BCUT2D eigenvalue weighted by Gasteiger charge is -2.47. The Bertz CT molecular complexity index is 1170. The molecular formula is C24H23F4N3O. The van der Waals surface area contributed by atoms with Gasteiger partial charge in [-0.05, 0) is 54.7 Å². The molecule has 1 fully saturated rings. The van der Waals surface area contributed by atoms with E-state index in [1.54, 1.807) is 12.1 Å². The SMILES string of the molecule is CC1(C)CC(=O)C2=C(C1)NC1N=NC(C3(C(F)(F)F)CC3)=C1[C@@]21CCc2c(F)cccc21.